The van der Waals surface area contributed by atoms with Gasteiger partial charge in [0.15, 0.2) is 18.7 Å². The number of aliphatic hydroxyl groups excluding tert-OH is 10. The first-order valence-corrected chi connectivity index (χ1v) is 40.7. The third-order valence-corrected chi connectivity index (χ3v) is 20.4. The Morgan fingerprint density at radius 2 is 0.832 bits per heavy atom. The maximum absolute atomic E-state index is 14.3. The number of allylic oxidation sites excluding steroid dienone is 5. The molecule has 11 N–H and O–H groups in total. The van der Waals surface area contributed by atoms with Gasteiger partial charge >= 0.3 is 25.7 Å². The summed E-state index contributed by atoms with van der Waals surface area (Å²) in [6.45, 7) is 5.64. The van der Waals surface area contributed by atoms with Gasteiger partial charge in [-0.25, -0.2) is 9.36 Å². The van der Waals surface area contributed by atoms with Crippen molar-refractivity contribution in [1.29, 1.82) is 0 Å². The number of carbonyl (C=O) groups is 3. The molecule has 2 saturated heterocycles. The van der Waals surface area contributed by atoms with Crippen molar-refractivity contribution in [3.05, 3.63) is 36.5 Å². The van der Waals surface area contributed by atoms with Crippen LogP contribution in [0.25, 0.3) is 0 Å². The molecule has 3 rings (SSSR count). The van der Waals surface area contributed by atoms with Crippen LogP contribution in [0.5, 0.6) is 0 Å². The highest BCUT2D eigenvalue weighted by Crippen LogP contribution is 2.49. The van der Waals surface area contributed by atoms with E-state index in [-0.39, 0.29) is 12.8 Å². The molecule has 25 heteroatoms. The van der Waals surface area contributed by atoms with E-state index in [0.29, 0.717) is 25.2 Å². The molecular weight excluding hydrogens is 1330 g/mol. The van der Waals surface area contributed by atoms with Crippen LogP contribution in [0.4, 0.5) is 0 Å². The molecule has 2 aliphatic heterocycles. The van der Waals surface area contributed by atoms with Crippen LogP contribution in [0.3, 0.4) is 0 Å². The van der Waals surface area contributed by atoms with Gasteiger partial charge in [0.25, 0.3) is 0 Å². The van der Waals surface area contributed by atoms with Crippen molar-refractivity contribution in [2.75, 3.05) is 26.4 Å². The molecule has 3 fully saturated rings. The van der Waals surface area contributed by atoms with E-state index in [1.165, 1.54) is 134 Å². The third kappa shape index (κ3) is 39.6. The van der Waals surface area contributed by atoms with Gasteiger partial charge in [0.2, 0.25) is 0 Å². The van der Waals surface area contributed by atoms with E-state index >= 15 is 0 Å². The highest BCUT2D eigenvalue weighted by Gasteiger charge is 2.58. The molecule has 0 spiro atoms. The Kier molecular flexibility index (Phi) is 51.6. The zero-order valence-corrected chi connectivity index (χ0v) is 62.7. The summed E-state index contributed by atoms with van der Waals surface area (Å²) in [5, 5.41) is 110. The van der Waals surface area contributed by atoms with Crippen LogP contribution < -0.4 is 0 Å². The molecule has 0 radical (unpaired) electrons. The van der Waals surface area contributed by atoms with Crippen molar-refractivity contribution in [2.45, 2.75) is 395 Å². The predicted octanol–water partition coefficient (Wildman–Crippen LogP) is 11.3. The molecule has 3 aliphatic rings. The number of hydrogen-bond acceptors (Lipinski definition) is 23. The van der Waals surface area contributed by atoms with Crippen LogP contribution in [0.2, 0.25) is 0 Å². The Bertz CT molecular complexity index is 2240. The van der Waals surface area contributed by atoms with Crippen LogP contribution >= 0.6 is 7.82 Å². The smallest absolute Gasteiger partial charge is 0.463 e. The fraction of sp³-hybridized carbons (Fsp3) is 0.882. The topological polar surface area (TPSA) is 374 Å². The lowest BCUT2D eigenvalue weighted by Crippen LogP contribution is -2.69. The Labute approximate surface area is 604 Å². The first-order chi connectivity index (χ1) is 48.7. The molecular formula is C76H137O24P. The lowest BCUT2D eigenvalue weighted by atomic mass is 9.84. The van der Waals surface area contributed by atoms with E-state index in [1.807, 2.05) is 6.08 Å². The van der Waals surface area contributed by atoms with Crippen LogP contribution in [0.1, 0.15) is 291 Å². The van der Waals surface area contributed by atoms with E-state index < -0.39 is 156 Å². The van der Waals surface area contributed by atoms with Crippen LogP contribution in [0.15, 0.2) is 36.5 Å². The molecule has 2 heterocycles. The number of aliphatic hydroxyl groups is 10. The number of rotatable bonds is 60. The van der Waals surface area contributed by atoms with Gasteiger partial charge in [-0.2, -0.15) is 0 Å². The van der Waals surface area contributed by atoms with E-state index in [0.717, 1.165) is 109 Å². The Morgan fingerprint density at radius 3 is 1.31 bits per heavy atom. The number of esters is 3. The van der Waals surface area contributed by atoms with Crippen LogP contribution in [-0.4, -0.2) is 204 Å². The molecule has 1 saturated carbocycles. The van der Waals surface area contributed by atoms with Gasteiger partial charge in [0.05, 0.1) is 13.2 Å². The van der Waals surface area contributed by atoms with Crippen molar-refractivity contribution in [3.63, 3.8) is 0 Å². The normalized spacial score (nSPS) is 27.7. The van der Waals surface area contributed by atoms with Crippen LogP contribution in [0, 0.1) is 5.92 Å². The molecule has 0 bridgehead atoms. The van der Waals surface area contributed by atoms with E-state index in [4.69, 9.17) is 42.2 Å². The van der Waals surface area contributed by atoms with Gasteiger partial charge in [-0.05, 0) is 57.3 Å². The molecule has 101 heavy (non-hydrogen) atoms. The van der Waals surface area contributed by atoms with Crippen molar-refractivity contribution in [3.8, 4) is 0 Å². The highest BCUT2D eigenvalue weighted by molar-refractivity contribution is 7.47. The van der Waals surface area contributed by atoms with Gasteiger partial charge in [-0.1, -0.05) is 257 Å². The van der Waals surface area contributed by atoms with Gasteiger partial charge in [-0.15, -0.1) is 0 Å². The maximum Gasteiger partial charge on any atom is 0.472 e. The molecule has 19 atom stereocenters. The van der Waals surface area contributed by atoms with Gasteiger partial charge in [0, 0.05) is 18.9 Å². The molecule has 19 unspecified atom stereocenters. The fourth-order valence-corrected chi connectivity index (χ4v) is 13.9. The molecule has 0 amide bonds. The second-order valence-electron chi connectivity index (χ2n) is 28.4. The summed E-state index contributed by atoms with van der Waals surface area (Å²) in [4.78, 5) is 51.0. The summed E-state index contributed by atoms with van der Waals surface area (Å²) in [5.74, 6) is -1.56. The van der Waals surface area contributed by atoms with Crippen LogP contribution in [-0.2, 0) is 61.2 Å². The largest absolute Gasteiger partial charge is 0.472 e. The van der Waals surface area contributed by atoms with Crippen molar-refractivity contribution in [1.82, 2.24) is 0 Å². The molecule has 0 aromatic heterocycles. The Balaban J connectivity index is 1.74. The minimum Gasteiger partial charge on any atom is -0.463 e. The number of unbranched alkanes of at least 4 members (excludes halogenated alkanes) is 32. The molecule has 24 nitrogen and oxygen atoms in total. The fourth-order valence-electron chi connectivity index (χ4n) is 12.9. The summed E-state index contributed by atoms with van der Waals surface area (Å²) >= 11 is 0. The second-order valence-corrected chi connectivity index (χ2v) is 29.8. The number of phosphoric acid groups is 1. The Morgan fingerprint density at radius 1 is 0.436 bits per heavy atom. The van der Waals surface area contributed by atoms with E-state index in [9.17, 15) is 74.9 Å². The highest BCUT2D eigenvalue weighted by atomic mass is 31.2. The minimum atomic E-state index is -5.72. The SMILES string of the molecule is CCCCCC/C=C\CCCCCCCCCC(=O)OC(COC(=O)/C=C/C=C/CCCCCCCCCCCCC)COP(=O)(O)OC1C(OC2OC(CO)C(O)C(O)C2O)C(O)C(O)C(O)C1OC1OC(COC(=O)CCCCCCCCC(C)CCCCCCCC)C(O)C(O)C1O. The van der Waals surface area contributed by atoms with Crippen molar-refractivity contribution in [2.24, 2.45) is 5.92 Å². The first-order valence-electron chi connectivity index (χ1n) is 39.2. The lowest BCUT2D eigenvalue weighted by molar-refractivity contribution is -0.360. The van der Waals surface area contributed by atoms with E-state index in [1.54, 1.807) is 6.08 Å². The zero-order valence-electron chi connectivity index (χ0n) is 61.9. The minimum absolute atomic E-state index is 0.0249. The number of phosphoric ester groups is 1. The number of hydrogen-bond donors (Lipinski definition) is 11. The monoisotopic (exact) mass is 1460 g/mol. The summed E-state index contributed by atoms with van der Waals surface area (Å²) in [6.07, 6.45) is 18.4. The number of carbonyl (C=O) groups excluding carboxylic acids is 3. The summed E-state index contributed by atoms with van der Waals surface area (Å²) in [5.41, 5.74) is 0. The second kappa shape index (κ2) is 56.5. The van der Waals surface area contributed by atoms with Crippen molar-refractivity contribution >= 4 is 25.7 Å². The Hall–Kier alpha value is -2.82. The molecule has 590 valence electrons. The number of ether oxygens (including phenoxy) is 7. The summed E-state index contributed by atoms with van der Waals surface area (Å²) < 4.78 is 64.9. The zero-order chi connectivity index (χ0) is 74.1. The predicted molar refractivity (Wildman–Crippen MR) is 384 cm³/mol. The average molecular weight is 1470 g/mol. The molecule has 0 aromatic carbocycles. The summed E-state index contributed by atoms with van der Waals surface area (Å²) in [6, 6.07) is 0. The lowest BCUT2D eigenvalue weighted by Gasteiger charge is -2.49. The third-order valence-electron chi connectivity index (χ3n) is 19.4. The quantitative estimate of drug-likeness (QED) is 0.00512. The standard InChI is InChI=1S/C76H137O24P/c1-5-8-11-14-17-19-21-23-25-27-29-31-33-39-44-49-60(78)92-53-57(95-62(80)51-46-41-34-32-30-28-26-24-22-20-18-15-12-9-6-2)54-94-101(90,91)100-74-72(98-75-70(88)65(83)63(81)58(52-77)96-75)68(86)67(85)69(87)73(74)99-76-71(89)66(84)64(82)59(97-76)55-93-61(79)50-45-40-36-35-38-43-48-56(4)47-42-37-16-13-10-7-3/h20,22,33,39,44,49,56-59,63-77,81-89H,5-19,21,23-32,34-38,40-43,45-48,50-55H2,1-4H3,(H,90,91)/b22-20-,39-33+,49-44+. The molecule has 1 aliphatic carbocycles. The van der Waals surface area contributed by atoms with Gasteiger partial charge in [-0.3, -0.25) is 18.6 Å². The molecule has 0 aromatic rings. The van der Waals surface area contributed by atoms with E-state index in [2.05, 4.69) is 39.8 Å². The van der Waals surface area contributed by atoms with Gasteiger partial charge < -0.3 is 89.1 Å². The maximum atomic E-state index is 14.3. The van der Waals surface area contributed by atoms with Gasteiger partial charge in [0.1, 0.15) is 98.7 Å². The summed E-state index contributed by atoms with van der Waals surface area (Å²) in [7, 11) is -5.72. The first kappa shape index (κ1) is 92.4. The van der Waals surface area contributed by atoms with Crippen molar-refractivity contribution < 1.29 is 117 Å². The average Bonchev–Trinajstić information content (AvgIpc) is 0.762.